The molecular weight excluding hydrogens is 299 g/mol. The van der Waals surface area contributed by atoms with Crippen LogP contribution < -0.4 is 0 Å². The van der Waals surface area contributed by atoms with Crippen LogP contribution in [0.15, 0.2) is 17.0 Å². The largest absolute Gasteiger partial charge is 0.478 e. The van der Waals surface area contributed by atoms with Crippen LogP contribution in [0.3, 0.4) is 0 Å². The summed E-state index contributed by atoms with van der Waals surface area (Å²) in [5.41, 5.74) is -0.366. The van der Waals surface area contributed by atoms with Gasteiger partial charge in [0.15, 0.2) is 9.84 Å². The Hall–Kier alpha value is -0.780. The predicted octanol–water partition coefficient (Wildman–Crippen LogP) is 2.88. The Morgan fingerprint density at radius 1 is 1.33 bits per heavy atom. The first-order valence-corrected chi connectivity index (χ1v) is 7.68. The summed E-state index contributed by atoms with van der Waals surface area (Å²) < 4.78 is 24.1. The number of rotatable bonds is 4. The lowest BCUT2D eigenvalue weighted by molar-refractivity contribution is 0.0697. The summed E-state index contributed by atoms with van der Waals surface area (Å²) in [4.78, 5) is 10.8. The molecule has 0 bridgehead atoms. The van der Waals surface area contributed by atoms with E-state index in [4.69, 9.17) is 28.3 Å². The molecule has 7 heteroatoms. The molecule has 0 saturated heterocycles. The van der Waals surface area contributed by atoms with Gasteiger partial charge in [0, 0.05) is 0 Å². The predicted molar refractivity (Wildman–Crippen MR) is 68.2 cm³/mol. The average molecular weight is 309 g/mol. The van der Waals surface area contributed by atoms with E-state index in [0.717, 1.165) is 12.8 Å². The molecule has 1 saturated carbocycles. The van der Waals surface area contributed by atoms with Crippen LogP contribution in [-0.2, 0) is 9.84 Å². The molecule has 1 N–H and O–H groups in total. The van der Waals surface area contributed by atoms with Crippen molar-refractivity contribution in [2.75, 3.05) is 5.75 Å². The summed E-state index contributed by atoms with van der Waals surface area (Å²) in [7, 11) is -3.55. The summed E-state index contributed by atoms with van der Waals surface area (Å²) >= 11 is 11.6. The van der Waals surface area contributed by atoms with Crippen LogP contribution in [-0.4, -0.2) is 25.2 Å². The first-order valence-electron chi connectivity index (χ1n) is 5.27. The fraction of sp³-hybridized carbons (Fsp3) is 0.364. The van der Waals surface area contributed by atoms with Gasteiger partial charge >= 0.3 is 5.97 Å². The monoisotopic (exact) mass is 308 g/mol. The molecule has 1 aromatic rings. The molecule has 4 nitrogen and oxygen atoms in total. The van der Waals surface area contributed by atoms with Crippen molar-refractivity contribution in [3.05, 3.63) is 27.7 Å². The first kappa shape index (κ1) is 13.6. The summed E-state index contributed by atoms with van der Waals surface area (Å²) in [6.07, 6.45) is 1.77. The van der Waals surface area contributed by atoms with Crippen molar-refractivity contribution in [2.45, 2.75) is 17.7 Å². The van der Waals surface area contributed by atoms with Crippen LogP contribution in [0.25, 0.3) is 0 Å². The number of carboxylic acid groups (broad SMARTS) is 1. The molecule has 0 atom stereocenters. The second-order valence-electron chi connectivity index (χ2n) is 4.26. The quantitative estimate of drug-likeness (QED) is 0.928. The highest BCUT2D eigenvalue weighted by Crippen LogP contribution is 2.36. The zero-order valence-corrected chi connectivity index (χ0v) is 11.5. The van der Waals surface area contributed by atoms with E-state index in [1.54, 1.807) is 0 Å². The van der Waals surface area contributed by atoms with Crippen LogP contribution in [0.5, 0.6) is 0 Å². The third-order valence-electron chi connectivity index (χ3n) is 2.76. The van der Waals surface area contributed by atoms with Crippen molar-refractivity contribution < 1.29 is 18.3 Å². The summed E-state index contributed by atoms with van der Waals surface area (Å²) in [5, 5.41) is 8.59. The number of aromatic carboxylic acids is 1. The number of benzene rings is 1. The van der Waals surface area contributed by atoms with E-state index in [1.807, 2.05) is 0 Å². The van der Waals surface area contributed by atoms with Gasteiger partial charge in [-0.3, -0.25) is 0 Å². The van der Waals surface area contributed by atoms with Crippen LogP contribution in [0.4, 0.5) is 0 Å². The van der Waals surface area contributed by atoms with Crippen molar-refractivity contribution in [2.24, 2.45) is 5.92 Å². The van der Waals surface area contributed by atoms with Gasteiger partial charge in [0.2, 0.25) is 0 Å². The van der Waals surface area contributed by atoms with Crippen molar-refractivity contribution in [3.8, 4) is 0 Å². The number of sulfone groups is 1. The van der Waals surface area contributed by atoms with Gasteiger partial charge in [0.1, 0.15) is 0 Å². The minimum Gasteiger partial charge on any atom is -0.478 e. The van der Waals surface area contributed by atoms with Gasteiger partial charge in [-0.1, -0.05) is 23.2 Å². The molecule has 0 aromatic heterocycles. The van der Waals surface area contributed by atoms with Crippen LogP contribution in [0.1, 0.15) is 23.2 Å². The van der Waals surface area contributed by atoms with Gasteiger partial charge in [-0.05, 0) is 30.9 Å². The summed E-state index contributed by atoms with van der Waals surface area (Å²) in [5.74, 6) is -1.17. The number of carboxylic acids is 1. The molecule has 1 aliphatic rings. The molecule has 98 valence electrons. The highest BCUT2D eigenvalue weighted by molar-refractivity contribution is 7.91. The van der Waals surface area contributed by atoms with Crippen molar-refractivity contribution in [1.29, 1.82) is 0 Å². The summed E-state index contributed by atoms with van der Waals surface area (Å²) in [6.45, 7) is 0. The van der Waals surface area contributed by atoms with Crippen molar-refractivity contribution in [1.82, 2.24) is 0 Å². The first-order chi connectivity index (χ1) is 8.33. The normalized spacial score (nSPS) is 15.7. The lowest BCUT2D eigenvalue weighted by Gasteiger charge is -2.09. The number of halogens is 2. The van der Waals surface area contributed by atoms with E-state index < -0.39 is 15.8 Å². The van der Waals surface area contributed by atoms with Gasteiger partial charge in [0.05, 0.1) is 26.3 Å². The second-order valence-corrected chi connectivity index (χ2v) is 7.05. The zero-order valence-electron chi connectivity index (χ0n) is 9.19. The van der Waals surface area contributed by atoms with E-state index in [-0.39, 0.29) is 32.2 Å². The molecule has 0 spiro atoms. The second kappa shape index (κ2) is 4.72. The Balaban J connectivity index is 2.51. The fourth-order valence-corrected chi connectivity index (χ4v) is 4.32. The van der Waals surface area contributed by atoms with E-state index in [1.165, 1.54) is 12.1 Å². The molecular formula is C11H10Cl2O4S. The Kier molecular flexibility index (Phi) is 3.58. The minimum atomic E-state index is -3.55. The van der Waals surface area contributed by atoms with E-state index in [9.17, 15) is 13.2 Å². The minimum absolute atomic E-state index is 0.00735. The molecule has 0 aliphatic heterocycles. The third-order valence-corrected chi connectivity index (χ3v) is 5.50. The van der Waals surface area contributed by atoms with Gasteiger partial charge in [-0.15, -0.1) is 0 Å². The Labute approximate surface area is 114 Å². The standard InChI is InChI=1S/C11H10Cl2O4S/c12-7-3-4-8(10(13)9(7)11(14)15)18(16,17)5-6-1-2-6/h3-4,6H,1-2,5H2,(H,14,15). The van der Waals surface area contributed by atoms with Crippen LogP contribution >= 0.6 is 23.2 Å². The molecule has 18 heavy (non-hydrogen) atoms. The average Bonchev–Trinajstić information content (AvgIpc) is 2.99. The van der Waals surface area contributed by atoms with Crippen LogP contribution in [0, 0.1) is 5.92 Å². The van der Waals surface area contributed by atoms with E-state index >= 15 is 0 Å². The van der Waals surface area contributed by atoms with E-state index in [2.05, 4.69) is 0 Å². The van der Waals surface area contributed by atoms with Crippen molar-refractivity contribution in [3.63, 3.8) is 0 Å². The highest BCUT2D eigenvalue weighted by atomic mass is 35.5. The Bertz CT molecular complexity index is 606. The maximum atomic E-state index is 12.1. The number of carbonyl (C=O) groups is 1. The Morgan fingerprint density at radius 2 is 1.94 bits per heavy atom. The molecule has 2 rings (SSSR count). The molecule has 1 aliphatic carbocycles. The lowest BCUT2D eigenvalue weighted by atomic mass is 10.2. The van der Waals surface area contributed by atoms with Gasteiger partial charge in [0.25, 0.3) is 0 Å². The highest BCUT2D eigenvalue weighted by Gasteiger charge is 2.31. The Morgan fingerprint density at radius 3 is 2.44 bits per heavy atom. The topological polar surface area (TPSA) is 71.4 Å². The molecule has 0 amide bonds. The van der Waals surface area contributed by atoms with Crippen LogP contribution in [0.2, 0.25) is 10.0 Å². The SMILES string of the molecule is O=C(O)c1c(Cl)ccc(S(=O)(=O)CC2CC2)c1Cl. The lowest BCUT2D eigenvalue weighted by Crippen LogP contribution is -2.11. The maximum absolute atomic E-state index is 12.1. The fourth-order valence-electron chi connectivity index (χ4n) is 1.65. The van der Waals surface area contributed by atoms with E-state index in [0.29, 0.717) is 0 Å². The van der Waals surface area contributed by atoms with Crippen molar-refractivity contribution >= 4 is 39.0 Å². The number of hydrogen-bond acceptors (Lipinski definition) is 3. The van der Waals surface area contributed by atoms with Gasteiger partial charge in [-0.2, -0.15) is 0 Å². The summed E-state index contributed by atoms with van der Waals surface area (Å²) in [6, 6.07) is 2.51. The smallest absolute Gasteiger partial charge is 0.338 e. The number of hydrogen-bond donors (Lipinski definition) is 1. The molecule has 1 fully saturated rings. The molecule has 0 radical (unpaired) electrons. The van der Waals surface area contributed by atoms with Gasteiger partial charge in [-0.25, -0.2) is 13.2 Å². The zero-order chi connectivity index (χ0) is 13.5. The van der Waals surface area contributed by atoms with Gasteiger partial charge < -0.3 is 5.11 Å². The third kappa shape index (κ3) is 2.63. The maximum Gasteiger partial charge on any atom is 0.338 e. The molecule has 0 unspecified atom stereocenters. The molecule has 1 aromatic carbocycles. The molecule has 0 heterocycles.